The first-order chi connectivity index (χ1) is 27.8. The number of rotatable bonds is 11. The van der Waals surface area contributed by atoms with Gasteiger partial charge in [0.25, 0.3) is 30.4 Å². The van der Waals surface area contributed by atoms with Gasteiger partial charge in [0, 0.05) is 22.1 Å². The molecule has 0 aromatic heterocycles. The molecule has 6 rings (SSSR count). The molecule has 0 radical (unpaired) electrons. The second-order valence-corrected chi connectivity index (χ2v) is 18.0. The molecule has 0 fully saturated rings. The second kappa shape index (κ2) is 16.7. The number of phenols is 2. The van der Waals surface area contributed by atoms with Crippen molar-refractivity contribution < 1.29 is 101 Å². The topological polar surface area (TPSA) is 381 Å². The van der Waals surface area contributed by atoms with Crippen molar-refractivity contribution in [2.45, 2.75) is 19.6 Å². The zero-order valence-corrected chi connectivity index (χ0v) is 36.5. The molecule has 9 N–H and O–H groups in total. The van der Waals surface area contributed by atoms with Crippen LogP contribution in [0.1, 0.15) is 0 Å². The number of benzene rings is 6. The Bertz CT molecular complexity index is 3130. The number of nitrogen functional groups attached to an aromatic ring is 2. The van der Waals surface area contributed by atoms with Crippen molar-refractivity contribution >= 4 is 96.1 Å². The van der Waals surface area contributed by atoms with Crippen LogP contribution < -0.4 is 50.5 Å². The molecule has 0 aliphatic heterocycles. The minimum Gasteiger partial charge on any atom is -0.744 e. The van der Waals surface area contributed by atoms with E-state index in [9.17, 15) is 62.1 Å². The molecule has 314 valence electrons. The normalized spacial score (nSPS) is 12.6. The first kappa shape index (κ1) is 46.5. The van der Waals surface area contributed by atoms with E-state index in [2.05, 4.69) is 20.5 Å². The molecule has 0 aliphatic carbocycles. The van der Waals surface area contributed by atoms with E-state index >= 15 is 0 Å². The fraction of sp³-hybridized carbons (Fsp3) is 0.0588. The second-order valence-electron chi connectivity index (χ2n) is 12.4. The zero-order valence-electron chi connectivity index (χ0n) is 31.2. The summed E-state index contributed by atoms with van der Waals surface area (Å²) in [5.74, 6) is -1.72. The Kier molecular flexibility index (Phi) is 12.8. The van der Waals surface area contributed by atoms with Gasteiger partial charge in [-0.2, -0.15) is 25.3 Å². The predicted molar refractivity (Wildman–Crippen MR) is 211 cm³/mol. The van der Waals surface area contributed by atoms with E-state index in [0.29, 0.717) is 11.1 Å². The quantitative estimate of drug-likeness (QED) is 0.0425. The van der Waals surface area contributed by atoms with Crippen molar-refractivity contribution in [2.75, 3.05) is 25.7 Å². The fourth-order valence-electron chi connectivity index (χ4n) is 5.95. The number of nitrogens with zero attached hydrogens (tertiary/aromatic N) is 4. The van der Waals surface area contributed by atoms with Crippen molar-refractivity contribution in [1.82, 2.24) is 0 Å². The summed E-state index contributed by atoms with van der Waals surface area (Å²) >= 11 is 0. The van der Waals surface area contributed by atoms with Crippen LogP contribution in [0.5, 0.6) is 23.0 Å². The van der Waals surface area contributed by atoms with Crippen LogP contribution in [0.15, 0.2) is 113 Å². The van der Waals surface area contributed by atoms with Crippen molar-refractivity contribution in [3.63, 3.8) is 0 Å². The standard InChI is InChI=1S/C34H28N6O16S4.Na/c1-55-25-9-15(3-5-23(25)37-39-31-27(59(49,50)51)11-17-7-19(57(43,44)45)13-21(35)29(17)33(31)41)16-4-6-24(26(10-16)56-2)38-40-32-28(60(52,53)54)12-18-8-20(58(46,47)48)14-22(36)30(18)34(32)42;/h3-14,41-42H,35-36H2,1-2H3,(H,43,44,45)(H,46,47,48)(H,49,50,51)(H,52,53,54);/q;+1/p-1. The Balaban J connectivity index is 0.00000704. The van der Waals surface area contributed by atoms with Crippen LogP contribution in [0.4, 0.5) is 34.1 Å². The third kappa shape index (κ3) is 9.38. The van der Waals surface area contributed by atoms with E-state index in [0.717, 1.165) is 36.4 Å². The smallest absolute Gasteiger partial charge is 0.744 e. The summed E-state index contributed by atoms with van der Waals surface area (Å²) in [7, 11) is -17.6. The molecule has 0 spiro atoms. The molecule has 0 heterocycles. The third-order valence-electron chi connectivity index (χ3n) is 8.66. The van der Waals surface area contributed by atoms with Crippen molar-refractivity contribution in [3.8, 4) is 34.1 Å². The van der Waals surface area contributed by atoms with Gasteiger partial charge in [-0.15, -0.1) is 20.5 Å². The van der Waals surface area contributed by atoms with E-state index in [-0.39, 0.29) is 74.0 Å². The molecular weight excluding hydrogens is 900 g/mol. The van der Waals surface area contributed by atoms with E-state index < -0.39 is 94.3 Å². The Morgan fingerprint density at radius 2 is 0.918 bits per heavy atom. The summed E-state index contributed by atoms with van der Waals surface area (Å²) in [6.45, 7) is 0. The van der Waals surface area contributed by atoms with Gasteiger partial charge in [-0.3, -0.25) is 13.7 Å². The van der Waals surface area contributed by atoms with Crippen LogP contribution >= 0.6 is 0 Å². The van der Waals surface area contributed by atoms with Crippen molar-refractivity contribution in [1.29, 1.82) is 0 Å². The van der Waals surface area contributed by atoms with Crippen LogP contribution in [0.3, 0.4) is 0 Å². The molecule has 0 aliphatic rings. The number of anilines is 2. The van der Waals surface area contributed by atoms with Crippen LogP contribution in [0, 0.1) is 0 Å². The minimum atomic E-state index is -5.15. The number of azo groups is 2. The molecule has 6 aromatic rings. The number of nitrogens with two attached hydrogens (primary N) is 2. The molecule has 0 unspecified atom stereocenters. The molecule has 0 bridgehead atoms. The van der Waals surface area contributed by atoms with Gasteiger partial charge >= 0.3 is 29.6 Å². The van der Waals surface area contributed by atoms with Gasteiger partial charge in [0.15, 0.2) is 11.5 Å². The first-order valence-corrected chi connectivity index (χ1v) is 21.8. The number of aromatic hydroxyl groups is 2. The van der Waals surface area contributed by atoms with E-state index in [1.807, 2.05) is 0 Å². The van der Waals surface area contributed by atoms with Crippen LogP contribution in [-0.4, -0.2) is 76.3 Å². The molecule has 0 atom stereocenters. The number of methoxy groups -OCH3 is 2. The fourth-order valence-corrected chi connectivity index (χ4v) is 8.36. The molecule has 0 saturated carbocycles. The van der Waals surface area contributed by atoms with E-state index in [1.165, 1.54) is 50.6 Å². The molecule has 61 heavy (non-hydrogen) atoms. The number of phenolic OH excluding ortho intramolecular Hbond substituents is 2. The SMILES string of the molecule is COc1cc(-c2ccc(N=Nc3c(S(=O)(=O)O)cc4cc(S(=O)(=O)O)cc(N)c4c3O)c(OC)c2)ccc1N=Nc1c(S(=O)(=O)O)cc2cc(S(=O)(=O)[O-])cc(N)c2c1O.[Na+]. The van der Waals surface area contributed by atoms with Gasteiger partial charge in [0.2, 0.25) is 0 Å². The molecule has 27 heteroatoms. The maximum absolute atomic E-state index is 12.3. The molecule has 0 amide bonds. The average Bonchev–Trinajstić information content (AvgIpc) is 3.14. The third-order valence-corrected chi connectivity index (χ3v) is 12.0. The van der Waals surface area contributed by atoms with Gasteiger partial charge in [0.05, 0.1) is 24.0 Å². The molecule has 0 saturated heterocycles. The molecule has 22 nitrogen and oxygen atoms in total. The molecular formula is C34H27N6NaO16S4. The number of hydrogen-bond acceptors (Lipinski definition) is 19. The summed E-state index contributed by atoms with van der Waals surface area (Å²) in [4.78, 5) is -3.52. The van der Waals surface area contributed by atoms with Gasteiger partial charge in [-0.05, 0) is 82.6 Å². The summed E-state index contributed by atoms with van der Waals surface area (Å²) in [5, 5.41) is 36.5. The predicted octanol–water partition coefficient (Wildman–Crippen LogP) is 2.73. The van der Waals surface area contributed by atoms with Gasteiger partial charge in [-0.1, -0.05) is 12.1 Å². The number of fused-ring (bicyclic) bond motifs is 2. The molecule has 6 aromatic carbocycles. The maximum atomic E-state index is 12.3. The van der Waals surface area contributed by atoms with Gasteiger partial charge in [-0.25, -0.2) is 8.42 Å². The Hall–Kier alpha value is -5.52. The largest absolute Gasteiger partial charge is 1.00 e. The Labute approximate surface area is 367 Å². The number of hydrogen-bond donors (Lipinski definition) is 7. The van der Waals surface area contributed by atoms with Crippen molar-refractivity contribution in [2.24, 2.45) is 20.5 Å². The summed E-state index contributed by atoms with van der Waals surface area (Å²) in [5.41, 5.74) is 10.3. The number of ether oxygens (including phenoxy) is 2. The summed E-state index contributed by atoms with van der Waals surface area (Å²) < 4.78 is 148. The summed E-state index contributed by atoms with van der Waals surface area (Å²) in [6.07, 6.45) is 0. The zero-order chi connectivity index (χ0) is 44.3. The summed E-state index contributed by atoms with van der Waals surface area (Å²) in [6, 6.07) is 13.4. The Morgan fingerprint density at radius 3 is 1.26 bits per heavy atom. The van der Waals surface area contributed by atoms with Crippen molar-refractivity contribution in [3.05, 3.63) is 72.8 Å². The Morgan fingerprint density at radius 1 is 0.541 bits per heavy atom. The van der Waals surface area contributed by atoms with Gasteiger partial charge < -0.3 is 35.7 Å². The monoisotopic (exact) mass is 926 g/mol. The van der Waals surface area contributed by atoms with E-state index in [1.54, 1.807) is 0 Å². The van der Waals surface area contributed by atoms with Crippen LogP contribution in [0.2, 0.25) is 0 Å². The van der Waals surface area contributed by atoms with E-state index in [4.69, 9.17) is 20.9 Å². The van der Waals surface area contributed by atoms with Crippen LogP contribution in [-0.2, 0) is 40.5 Å². The average molecular weight is 927 g/mol. The first-order valence-electron chi connectivity index (χ1n) is 16.1. The minimum absolute atomic E-state index is 0. The van der Waals surface area contributed by atoms with Crippen LogP contribution in [0.25, 0.3) is 32.7 Å². The van der Waals surface area contributed by atoms with Gasteiger partial charge in [0.1, 0.15) is 54.2 Å². The maximum Gasteiger partial charge on any atom is 1.00 e.